The number of rotatable bonds is 6. The van der Waals surface area contributed by atoms with Crippen molar-refractivity contribution >= 4 is 39.9 Å². The fourth-order valence-electron chi connectivity index (χ4n) is 5.15. The summed E-state index contributed by atoms with van der Waals surface area (Å²) in [6.07, 6.45) is 1.55. The van der Waals surface area contributed by atoms with E-state index in [0.29, 0.717) is 10.7 Å². The molecule has 2 aliphatic heterocycles. The summed E-state index contributed by atoms with van der Waals surface area (Å²) in [4.78, 5) is 43.9. The van der Waals surface area contributed by atoms with E-state index >= 15 is 0 Å². The van der Waals surface area contributed by atoms with E-state index in [4.69, 9.17) is 9.90 Å². The van der Waals surface area contributed by atoms with E-state index in [1.54, 1.807) is 11.6 Å². The van der Waals surface area contributed by atoms with Crippen molar-refractivity contribution in [3.8, 4) is 16.9 Å². The molecule has 2 aliphatic rings. The third-order valence-electron chi connectivity index (χ3n) is 7.13. The van der Waals surface area contributed by atoms with E-state index in [1.165, 1.54) is 22.3 Å². The maximum absolute atomic E-state index is 14.2. The largest absolute Gasteiger partial charge is 0.508 e. The fourth-order valence-corrected chi connectivity index (χ4v) is 5.69. The second-order valence-corrected chi connectivity index (χ2v) is 10.9. The minimum atomic E-state index is -1.26. The number of thiazole rings is 1. The highest BCUT2D eigenvalue weighted by molar-refractivity contribution is 7.13. The number of nitrogens with zero attached hydrogens (tertiary/aromatic N) is 3. The molecule has 0 bridgehead atoms. The molecule has 12 heteroatoms. The number of fused-ring (bicyclic) bond motifs is 1. The number of carboxylic acids is 1. The number of piperazine rings is 1. The summed E-state index contributed by atoms with van der Waals surface area (Å²) in [6, 6.07) is 16.1. The number of aromatic hydroxyl groups is 1. The zero-order valence-electron chi connectivity index (χ0n) is 23.3. The van der Waals surface area contributed by atoms with Gasteiger partial charge in [0.1, 0.15) is 17.6 Å². The Balaban J connectivity index is 0.000000834. The highest BCUT2D eigenvalue weighted by atomic mass is 32.1. The standard InChI is InChI=1S/C29H26FN5O3S.C2H4O2.CH4/c30-21-5-8-25(36)24(16-21)26(27(37)33-29-32-11-14-39-29)35-17-20-2-1-19(15-23(20)28(35)38)18-3-6-22(7-4-18)34-12-9-31-10-13-34;1-2(3)4;/h1-8,11,14-16,26,31,36H,9-10,12-13,17H2,(H,32,33,37);1H3,(H,3,4);1H4. The molecule has 2 amide bonds. The van der Waals surface area contributed by atoms with Crippen LogP contribution in [-0.4, -0.2) is 64.1 Å². The number of amides is 2. The van der Waals surface area contributed by atoms with E-state index in [-0.39, 0.29) is 31.2 Å². The van der Waals surface area contributed by atoms with Gasteiger partial charge in [-0.15, -0.1) is 11.3 Å². The molecule has 0 aliphatic carbocycles. The fraction of sp³-hybridized carbons (Fsp3) is 0.250. The Morgan fingerprint density at radius 2 is 1.73 bits per heavy atom. The topological polar surface area (TPSA) is 135 Å². The molecular formula is C32H34FN5O5S. The Morgan fingerprint density at radius 1 is 1.05 bits per heavy atom. The van der Waals surface area contributed by atoms with Crippen molar-refractivity contribution in [1.82, 2.24) is 15.2 Å². The van der Waals surface area contributed by atoms with Crippen molar-refractivity contribution in [1.29, 1.82) is 0 Å². The van der Waals surface area contributed by atoms with E-state index < -0.39 is 23.7 Å². The number of carbonyl (C=O) groups is 3. The van der Waals surface area contributed by atoms with Gasteiger partial charge in [-0.25, -0.2) is 9.37 Å². The number of aromatic nitrogens is 1. The second-order valence-electron chi connectivity index (χ2n) is 10.0. The first kappa shape index (κ1) is 32.1. The van der Waals surface area contributed by atoms with Crippen LogP contribution in [-0.2, 0) is 16.1 Å². The summed E-state index contributed by atoms with van der Waals surface area (Å²) >= 11 is 1.22. The smallest absolute Gasteiger partial charge is 0.300 e. The minimum absolute atomic E-state index is 0. The maximum Gasteiger partial charge on any atom is 0.300 e. The monoisotopic (exact) mass is 619 g/mol. The van der Waals surface area contributed by atoms with Crippen LogP contribution in [0.4, 0.5) is 15.2 Å². The number of anilines is 2. The van der Waals surface area contributed by atoms with Crippen LogP contribution in [0.25, 0.3) is 11.1 Å². The van der Waals surface area contributed by atoms with Gasteiger partial charge < -0.3 is 25.3 Å². The third kappa shape index (κ3) is 7.21. The molecule has 1 fully saturated rings. The Kier molecular flexibility index (Phi) is 10.3. The molecule has 10 nitrogen and oxygen atoms in total. The van der Waals surface area contributed by atoms with Crippen LogP contribution in [0.15, 0.2) is 72.2 Å². The predicted molar refractivity (Wildman–Crippen MR) is 168 cm³/mol. The minimum Gasteiger partial charge on any atom is -0.508 e. The molecule has 0 spiro atoms. The number of hydrogen-bond donors (Lipinski definition) is 4. The normalized spacial score (nSPS) is 14.5. The lowest BCUT2D eigenvalue weighted by Gasteiger charge is -2.29. The molecule has 44 heavy (non-hydrogen) atoms. The summed E-state index contributed by atoms with van der Waals surface area (Å²) in [6.45, 7) is 5.06. The van der Waals surface area contributed by atoms with Gasteiger partial charge in [0, 0.05) is 68.0 Å². The number of phenols is 1. The van der Waals surface area contributed by atoms with Crippen LogP contribution in [0.5, 0.6) is 5.75 Å². The van der Waals surface area contributed by atoms with E-state index in [2.05, 4.69) is 32.7 Å². The van der Waals surface area contributed by atoms with Crippen molar-refractivity contribution in [2.45, 2.75) is 26.9 Å². The molecule has 1 saturated heterocycles. The second kappa shape index (κ2) is 14.1. The highest BCUT2D eigenvalue weighted by Gasteiger charge is 2.39. The number of carboxylic acid groups (broad SMARTS) is 1. The molecule has 0 saturated carbocycles. The van der Waals surface area contributed by atoms with Gasteiger partial charge in [0.05, 0.1) is 0 Å². The van der Waals surface area contributed by atoms with Crippen LogP contribution in [0.2, 0.25) is 0 Å². The molecular weight excluding hydrogens is 585 g/mol. The molecule has 230 valence electrons. The highest BCUT2D eigenvalue weighted by Crippen LogP contribution is 2.38. The van der Waals surface area contributed by atoms with Gasteiger partial charge in [0.2, 0.25) is 0 Å². The molecule has 6 rings (SSSR count). The van der Waals surface area contributed by atoms with Crippen LogP contribution in [0, 0.1) is 5.82 Å². The first-order valence-electron chi connectivity index (χ1n) is 13.6. The van der Waals surface area contributed by atoms with E-state index in [0.717, 1.165) is 67.6 Å². The number of carbonyl (C=O) groups excluding carboxylic acids is 2. The Labute approximate surface area is 258 Å². The summed E-state index contributed by atoms with van der Waals surface area (Å²) in [5.41, 5.74) is 4.25. The number of aliphatic carboxylic acids is 1. The summed E-state index contributed by atoms with van der Waals surface area (Å²) in [7, 11) is 0. The van der Waals surface area contributed by atoms with Crippen LogP contribution in [0.1, 0.15) is 41.9 Å². The molecule has 1 unspecified atom stereocenters. The first-order valence-corrected chi connectivity index (χ1v) is 14.5. The number of nitrogens with one attached hydrogen (secondary N) is 2. The van der Waals surface area contributed by atoms with Crippen molar-refractivity contribution in [3.63, 3.8) is 0 Å². The van der Waals surface area contributed by atoms with Crippen LogP contribution in [0.3, 0.4) is 0 Å². The van der Waals surface area contributed by atoms with Crippen molar-refractivity contribution in [2.75, 3.05) is 36.4 Å². The molecule has 4 aromatic rings. The van der Waals surface area contributed by atoms with Crippen LogP contribution >= 0.6 is 11.3 Å². The zero-order chi connectivity index (χ0) is 30.5. The van der Waals surface area contributed by atoms with Gasteiger partial charge in [0.25, 0.3) is 17.8 Å². The van der Waals surface area contributed by atoms with Gasteiger partial charge in [0.15, 0.2) is 5.13 Å². The van der Waals surface area contributed by atoms with Gasteiger partial charge >= 0.3 is 0 Å². The molecule has 3 aromatic carbocycles. The van der Waals surface area contributed by atoms with Gasteiger partial charge in [-0.3, -0.25) is 19.7 Å². The van der Waals surface area contributed by atoms with Crippen molar-refractivity contribution in [2.24, 2.45) is 0 Å². The molecule has 3 heterocycles. The lowest BCUT2D eigenvalue weighted by Crippen LogP contribution is -2.43. The number of hydrogen-bond acceptors (Lipinski definition) is 8. The van der Waals surface area contributed by atoms with E-state index in [1.807, 2.05) is 30.3 Å². The Morgan fingerprint density at radius 3 is 2.39 bits per heavy atom. The lowest BCUT2D eigenvalue weighted by molar-refractivity contribution is -0.134. The SMILES string of the molecule is C.CC(=O)O.O=C(Nc1nccs1)C(c1cc(F)ccc1O)N1Cc2ccc(-c3ccc(N4CCNCC4)cc3)cc2C1=O. The van der Waals surface area contributed by atoms with Gasteiger partial charge in [-0.1, -0.05) is 31.7 Å². The lowest BCUT2D eigenvalue weighted by atomic mass is 10.00. The number of benzene rings is 3. The summed E-state index contributed by atoms with van der Waals surface area (Å²) in [5.74, 6) is -2.68. The first-order chi connectivity index (χ1) is 20.7. The Hall–Kier alpha value is -4.81. The molecule has 1 atom stereocenters. The molecule has 0 radical (unpaired) electrons. The summed E-state index contributed by atoms with van der Waals surface area (Å²) < 4.78 is 14.2. The molecule has 1 aromatic heterocycles. The summed E-state index contributed by atoms with van der Waals surface area (Å²) in [5, 5.41) is 26.1. The predicted octanol–water partition coefficient (Wildman–Crippen LogP) is 5.13. The van der Waals surface area contributed by atoms with Gasteiger partial charge in [-0.05, 0) is 53.1 Å². The molecule has 4 N–H and O–H groups in total. The average Bonchev–Trinajstić information content (AvgIpc) is 3.63. The van der Waals surface area contributed by atoms with Gasteiger partial charge in [-0.2, -0.15) is 0 Å². The Bertz CT molecular complexity index is 1620. The van der Waals surface area contributed by atoms with Crippen LogP contribution < -0.4 is 15.5 Å². The van der Waals surface area contributed by atoms with Crippen molar-refractivity contribution < 1.29 is 29.0 Å². The quantitative estimate of drug-likeness (QED) is 0.234. The number of phenolic OH excluding ortho intramolecular Hbond substituents is 1. The zero-order valence-corrected chi connectivity index (χ0v) is 24.1. The average molecular weight is 620 g/mol. The maximum atomic E-state index is 14.2. The van der Waals surface area contributed by atoms with E-state index in [9.17, 15) is 19.1 Å². The van der Waals surface area contributed by atoms with Crippen molar-refractivity contribution in [3.05, 3.63) is 94.7 Å². The third-order valence-corrected chi connectivity index (χ3v) is 7.82. The number of halogens is 1.